The topological polar surface area (TPSA) is 51.2 Å². The van der Waals surface area contributed by atoms with E-state index in [2.05, 4.69) is 4.90 Å². The van der Waals surface area contributed by atoms with Crippen LogP contribution in [0, 0.1) is 0 Å². The van der Waals surface area contributed by atoms with Crippen LogP contribution < -0.4 is 0 Å². The first-order valence-corrected chi connectivity index (χ1v) is 8.84. The average molecular weight is 324 g/mol. The maximum Gasteiger partial charge on any atom is 0.292 e. The van der Waals surface area contributed by atoms with Gasteiger partial charge < -0.3 is 24.0 Å². The number of piperidine rings is 1. The maximum atomic E-state index is 12.7. The molecule has 0 radical (unpaired) electrons. The van der Waals surface area contributed by atoms with E-state index in [1.165, 1.54) is 19.3 Å². The van der Waals surface area contributed by atoms with Crippen LogP contribution in [0.3, 0.4) is 0 Å². The Labute approximate surface area is 138 Å². The molecule has 0 bridgehead atoms. The molecule has 0 aromatic heterocycles. The summed E-state index contributed by atoms with van der Waals surface area (Å²) in [7, 11) is 0. The van der Waals surface area contributed by atoms with Crippen molar-refractivity contribution in [1.82, 2.24) is 9.80 Å². The zero-order valence-electron chi connectivity index (χ0n) is 14.1. The van der Waals surface area contributed by atoms with E-state index in [0.717, 1.165) is 39.2 Å². The Hall–Kier alpha value is -1.27. The summed E-state index contributed by atoms with van der Waals surface area (Å²) in [6.07, 6.45) is 4.83. The lowest BCUT2D eigenvalue weighted by Gasteiger charge is -2.32. The first kappa shape index (κ1) is 16.6. The zero-order valence-corrected chi connectivity index (χ0v) is 14.1. The van der Waals surface area contributed by atoms with Gasteiger partial charge >= 0.3 is 0 Å². The predicted molar refractivity (Wildman–Crippen MR) is 85.8 cm³/mol. The Morgan fingerprint density at radius 2 is 1.83 bits per heavy atom. The summed E-state index contributed by atoms with van der Waals surface area (Å²) in [5, 5.41) is 0. The second-order valence-electron chi connectivity index (χ2n) is 6.54. The van der Waals surface area contributed by atoms with Gasteiger partial charge in [-0.25, -0.2) is 0 Å². The summed E-state index contributed by atoms with van der Waals surface area (Å²) in [4.78, 5) is 17.1. The molecule has 0 aliphatic carbocycles. The van der Waals surface area contributed by atoms with Crippen molar-refractivity contribution in [3.63, 3.8) is 0 Å². The lowest BCUT2D eigenvalue weighted by Crippen LogP contribution is -2.44. The minimum atomic E-state index is -0.0589. The first-order chi connectivity index (χ1) is 11.2. The molecule has 0 saturated carbocycles. The number of carbonyl (C=O) groups is 1. The lowest BCUT2D eigenvalue weighted by atomic mass is 10.1. The Morgan fingerprint density at radius 1 is 1.04 bits per heavy atom. The van der Waals surface area contributed by atoms with Crippen molar-refractivity contribution in [2.45, 2.75) is 38.7 Å². The molecule has 0 aromatic carbocycles. The van der Waals surface area contributed by atoms with Gasteiger partial charge in [0.25, 0.3) is 5.91 Å². The molecule has 2 fully saturated rings. The third-order valence-electron chi connectivity index (χ3n) is 4.71. The number of nitrogens with zero attached hydrogens (tertiary/aromatic N) is 2. The van der Waals surface area contributed by atoms with E-state index in [9.17, 15) is 4.79 Å². The molecule has 3 heterocycles. The molecule has 0 N–H and O–H groups in total. The molecule has 6 heteroatoms. The van der Waals surface area contributed by atoms with E-state index in [0.29, 0.717) is 31.3 Å². The highest BCUT2D eigenvalue weighted by Gasteiger charge is 2.29. The molecule has 1 unspecified atom stereocenters. The standard InChI is InChI=1S/C17H28N2O4/c1-14-16(23-11-10-21-14)17(20)19-8-5-9-22-15(13-19)12-18-6-3-2-4-7-18/h15H,2-13H2,1H3. The number of amides is 1. The van der Waals surface area contributed by atoms with Gasteiger partial charge in [-0.3, -0.25) is 4.79 Å². The number of carbonyl (C=O) groups excluding carboxylic acids is 1. The Morgan fingerprint density at radius 3 is 2.61 bits per heavy atom. The van der Waals surface area contributed by atoms with Crippen LogP contribution in [-0.4, -0.2) is 74.4 Å². The third kappa shape index (κ3) is 4.38. The summed E-state index contributed by atoms with van der Waals surface area (Å²) in [5.41, 5.74) is 0. The van der Waals surface area contributed by atoms with Gasteiger partial charge in [0.2, 0.25) is 5.76 Å². The Bertz CT molecular complexity index is 446. The summed E-state index contributed by atoms with van der Waals surface area (Å²) in [6.45, 7) is 8.04. The largest absolute Gasteiger partial charge is 0.491 e. The van der Waals surface area contributed by atoms with Crippen LogP contribution >= 0.6 is 0 Å². The van der Waals surface area contributed by atoms with Crippen molar-refractivity contribution in [2.75, 3.05) is 52.5 Å². The molecule has 0 spiro atoms. The second-order valence-corrected chi connectivity index (χ2v) is 6.54. The fourth-order valence-electron chi connectivity index (χ4n) is 3.48. The molecule has 0 aromatic rings. The maximum absolute atomic E-state index is 12.7. The monoisotopic (exact) mass is 324 g/mol. The second kappa shape index (κ2) is 8.02. The van der Waals surface area contributed by atoms with Gasteiger partial charge in [-0.1, -0.05) is 6.42 Å². The van der Waals surface area contributed by atoms with Crippen molar-refractivity contribution in [1.29, 1.82) is 0 Å². The summed E-state index contributed by atoms with van der Waals surface area (Å²) >= 11 is 0. The first-order valence-electron chi connectivity index (χ1n) is 8.84. The Kier molecular flexibility index (Phi) is 5.78. The van der Waals surface area contributed by atoms with Crippen LogP contribution in [0.2, 0.25) is 0 Å². The van der Waals surface area contributed by atoms with Gasteiger partial charge in [0, 0.05) is 26.2 Å². The van der Waals surface area contributed by atoms with Crippen molar-refractivity contribution in [2.24, 2.45) is 0 Å². The number of ether oxygens (including phenoxy) is 3. The molecular formula is C17H28N2O4. The minimum absolute atomic E-state index is 0.0589. The highest BCUT2D eigenvalue weighted by molar-refractivity contribution is 5.92. The molecule has 3 rings (SSSR count). The number of rotatable bonds is 3. The molecule has 1 atom stereocenters. The van der Waals surface area contributed by atoms with Gasteiger partial charge in [-0.15, -0.1) is 0 Å². The minimum Gasteiger partial charge on any atom is -0.491 e. The van der Waals surface area contributed by atoms with Crippen LogP contribution in [0.4, 0.5) is 0 Å². The molecule has 130 valence electrons. The van der Waals surface area contributed by atoms with Crippen LogP contribution in [0.5, 0.6) is 0 Å². The van der Waals surface area contributed by atoms with Gasteiger partial charge in [0.1, 0.15) is 19.0 Å². The number of hydrogen-bond acceptors (Lipinski definition) is 5. The van der Waals surface area contributed by atoms with Crippen LogP contribution in [0.25, 0.3) is 0 Å². The molecule has 3 aliphatic heterocycles. The van der Waals surface area contributed by atoms with E-state index < -0.39 is 0 Å². The number of allylic oxidation sites excluding steroid dienone is 1. The fraction of sp³-hybridized carbons (Fsp3) is 0.824. The summed E-state index contributed by atoms with van der Waals surface area (Å²) in [5.74, 6) is 0.908. The Balaban J connectivity index is 1.61. The molecular weight excluding hydrogens is 296 g/mol. The van der Waals surface area contributed by atoms with Crippen LogP contribution in [0.1, 0.15) is 32.6 Å². The van der Waals surface area contributed by atoms with Gasteiger partial charge in [-0.05, 0) is 39.3 Å². The van der Waals surface area contributed by atoms with Crippen molar-refractivity contribution < 1.29 is 19.0 Å². The third-order valence-corrected chi connectivity index (χ3v) is 4.71. The zero-order chi connectivity index (χ0) is 16.1. The van der Waals surface area contributed by atoms with Gasteiger partial charge in [0.05, 0.1) is 6.10 Å². The molecule has 6 nitrogen and oxygen atoms in total. The van der Waals surface area contributed by atoms with Crippen molar-refractivity contribution in [3.05, 3.63) is 11.5 Å². The van der Waals surface area contributed by atoms with Crippen LogP contribution in [0.15, 0.2) is 11.5 Å². The number of hydrogen-bond donors (Lipinski definition) is 0. The van der Waals surface area contributed by atoms with Gasteiger partial charge in [0.15, 0.2) is 0 Å². The molecule has 23 heavy (non-hydrogen) atoms. The van der Waals surface area contributed by atoms with E-state index >= 15 is 0 Å². The van der Waals surface area contributed by atoms with E-state index in [4.69, 9.17) is 14.2 Å². The molecule has 3 aliphatic rings. The number of likely N-dealkylation sites (tertiary alicyclic amines) is 1. The van der Waals surface area contributed by atoms with E-state index in [1.807, 2.05) is 4.90 Å². The van der Waals surface area contributed by atoms with E-state index in [1.54, 1.807) is 6.92 Å². The predicted octanol–water partition coefficient (Wildman–Crippen LogP) is 1.37. The highest BCUT2D eigenvalue weighted by Crippen LogP contribution is 2.18. The van der Waals surface area contributed by atoms with Gasteiger partial charge in [-0.2, -0.15) is 0 Å². The van der Waals surface area contributed by atoms with Crippen molar-refractivity contribution >= 4 is 5.91 Å². The highest BCUT2D eigenvalue weighted by atomic mass is 16.6. The molecule has 1 amide bonds. The summed E-state index contributed by atoms with van der Waals surface area (Å²) in [6, 6.07) is 0. The SMILES string of the molecule is CC1=C(C(=O)N2CCCOC(CN3CCCCC3)C2)OCCO1. The fourth-order valence-corrected chi connectivity index (χ4v) is 3.48. The van der Waals surface area contributed by atoms with Crippen LogP contribution in [-0.2, 0) is 19.0 Å². The smallest absolute Gasteiger partial charge is 0.292 e. The quantitative estimate of drug-likeness (QED) is 0.785. The molecule has 2 saturated heterocycles. The summed E-state index contributed by atoms with van der Waals surface area (Å²) < 4.78 is 17.0. The lowest BCUT2D eigenvalue weighted by molar-refractivity contribution is -0.133. The van der Waals surface area contributed by atoms with E-state index in [-0.39, 0.29) is 12.0 Å². The average Bonchev–Trinajstić information content (AvgIpc) is 2.81. The van der Waals surface area contributed by atoms with Crippen molar-refractivity contribution in [3.8, 4) is 0 Å². The normalized spacial score (nSPS) is 27.2.